The molecular weight excluding hydrogens is 585 g/mol. The van der Waals surface area contributed by atoms with Gasteiger partial charge in [-0.25, -0.2) is 9.97 Å². The van der Waals surface area contributed by atoms with Crippen LogP contribution in [0.25, 0.3) is 88.4 Å². The Morgan fingerprint density at radius 1 is 0.438 bits per heavy atom. The second-order valence-corrected chi connectivity index (χ2v) is 12.3. The van der Waals surface area contributed by atoms with Crippen molar-refractivity contribution in [3.8, 4) is 34.0 Å². The van der Waals surface area contributed by atoms with E-state index in [-0.39, 0.29) is 0 Å². The summed E-state index contributed by atoms with van der Waals surface area (Å²) in [5.74, 6) is 0.706. The maximum absolute atomic E-state index is 5.31. The van der Waals surface area contributed by atoms with Crippen molar-refractivity contribution in [3.05, 3.63) is 170 Å². The number of hydrogen-bond acceptors (Lipinski definition) is 2. The Morgan fingerprint density at radius 3 is 2.08 bits per heavy atom. The van der Waals surface area contributed by atoms with Crippen LogP contribution in [0.15, 0.2) is 170 Å². The molecule has 0 aliphatic carbocycles. The molecule has 0 unspecified atom stereocenters. The Hall–Kier alpha value is -6.52. The molecule has 0 spiro atoms. The molecule has 0 amide bonds. The summed E-state index contributed by atoms with van der Waals surface area (Å²) in [6.07, 6.45) is 2.18. The van der Waals surface area contributed by atoms with Crippen molar-refractivity contribution in [1.82, 2.24) is 19.1 Å². The number of para-hydroxylation sites is 3. The molecule has 0 fully saturated rings. The maximum Gasteiger partial charge on any atom is 0.160 e. The van der Waals surface area contributed by atoms with Crippen molar-refractivity contribution in [2.75, 3.05) is 0 Å². The van der Waals surface area contributed by atoms with Crippen molar-refractivity contribution in [2.24, 2.45) is 0 Å². The lowest BCUT2D eigenvalue weighted by molar-refractivity contribution is 1.11. The highest BCUT2D eigenvalue weighted by atomic mass is 15.0. The number of hydrogen-bond donors (Lipinski definition) is 0. The van der Waals surface area contributed by atoms with Gasteiger partial charge in [-0.15, -0.1) is 0 Å². The molecule has 0 aliphatic rings. The smallest absolute Gasteiger partial charge is 0.160 e. The molecule has 3 heterocycles. The van der Waals surface area contributed by atoms with E-state index in [0.717, 1.165) is 44.6 Å². The highest BCUT2D eigenvalue weighted by molar-refractivity contribution is 6.18. The lowest BCUT2D eigenvalue weighted by Gasteiger charge is -2.14. The van der Waals surface area contributed by atoms with Gasteiger partial charge in [-0.1, -0.05) is 121 Å². The van der Waals surface area contributed by atoms with Gasteiger partial charge in [0, 0.05) is 50.2 Å². The number of aromatic nitrogens is 4. The van der Waals surface area contributed by atoms with E-state index in [4.69, 9.17) is 9.97 Å². The van der Waals surface area contributed by atoms with Gasteiger partial charge in [-0.2, -0.15) is 0 Å². The van der Waals surface area contributed by atoms with E-state index in [1.165, 1.54) is 38.0 Å². The molecule has 3 aromatic heterocycles. The molecule has 0 atom stereocenters. The molecule has 0 aliphatic heterocycles. The molecule has 10 rings (SSSR count). The topological polar surface area (TPSA) is 35.6 Å². The summed E-state index contributed by atoms with van der Waals surface area (Å²) < 4.78 is 4.71. The predicted molar refractivity (Wildman–Crippen MR) is 199 cm³/mol. The van der Waals surface area contributed by atoms with Gasteiger partial charge < -0.3 is 9.13 Å². The average Bonchev–Trinajstić information content (AvgIpc) is 3.74. The zero-order valence-electron chi connectivity index (χ0n) is 26.0. The van der Waals surface area contributed by atoms with E-state index in [1.54, 1.807) is 0 Å². The monoisotopic (exact) mass is 612 g/mol. The van der Waals surface area contributed by atoms with E-state index in [9.17, 15) is 0 Å². The Kier molecular flexibility index (Phi) is 5.84. The molecule has 0 N–H and O–H groups in total. The third kappa shape index (κ3) is 4.03. The maximum atomic E-state index is 5.31. The third-order valence-corrected chi connectivity index (χ3v) is 9.53. The normalized spacial score (nSPS) is 11.8. The summed E-state index contributed by atoms with van der Waals surface area (Å²) >= 11 is 0. The number of nitrogens with zero attached hydrogens (tertiary/aromatic N) is 4. The van der Waals surface area contributed by atoms with Crippen molar-refractivity contribution < 1.29 is 0 Å². The van der Waals surface area contributed by atoms with Crippen LogP contribution in [-0.4, -0.2) is 19.1 Å². The zero-order valence-corrected chi connectivity index (χ0v) is 26.0. The minimum Gasteiger partial charge on any atom is -0.315 e. The average molecular weight is 613 g/mol. The summed E-state index contributed by atoms with van der Waals surface area (Å²) in [6.45, 7) is 0. The minimum absolute atomic E-state index is 0.706. The first-order valence-corrected chi connectivity index (χ1v) is 16.3. The van der Waals surface area contributed by atoms with Crippen molar-refractivity contribution >= 4 is 54.4 Å². The van der Waals surface area contributed by atoms with Crippen LogP contribution in [0.2, 0.25) is 0 Å². The molecule has 0 bridgehead atoms. The SMILES string of the molecule is c1ccc(-n2ccc3ccc4c5ccccc5n(-c5cccc(-c6nc(-c7cccc8ccccc78)c7ccccc7n6)c5)c4c32)cc1. The van der Waals surface area contributed by atoms with E-state index < -0.39 is 0 Å². The lowest BCUT2D eigenvalue weighted by Crippen LogP contribution is -1.99. The summed E-state index contributed by atoms with van der Waals surface area (Å²) in [6, 6.07) is 57.9. The molecule has 0 radical (unpaired) electrons. The largest absolute Gasteiger partial charge is 0.315 e. The van der Waals surface area contributed by atoms with Crippen LogP contribution in [0, 0.1) is 0 Å². The summed E-state index contributed by atoms with van der Waals surface area (Å²) in [5.41, 5.74) is 9.66. The van der Waals surface area contributed by atoms with Crippen LogP contribution in [0.1, 0.15) is 0 Å². The minimum atomic E-state index is 0.706. The van der Waals surface area contributed by atoms with E-state index in [2.05, 4.69) is 173 Å². The zero-order chi connectivity index (χ0) is 31.6. The summed E-state index contributed by atoms with van der Waals surface area (Å²) in [4.78, 5) is 10.4. The molecule has 4 nitrogen and oxygen atoms in total. The molecule has 7 aromatic carbocycles. The van der Waals surface area contributed by atoms with Gasteiger partial charge >= 0.3 is 0 Å². The van der Waals surface area contributed by atoms with Gasteiger partial charge in [0.05, 0.1) is 27.8 Å². The quantitative estimate of drug-likeness (QED) is 0.198. The Labute approximate surface area is 276 Å². The molecular formula is C44H28N4. The third-order valence-electron chi connectivity index (χ3n) is 9.53. The first-order chi connectivity index (χ1) is 23.8. The second-order valence-electron chi connectivity index (χ2n) is 12.3. The lowest BCUT2D eigenvalue weighted by atomic mass is 9.99. The van der Waals surface area contributed by atoms with Gasteiger partial charge in [0.1, 0.15) is 0 Å². The Morgan fingerprint density at radius 2 is 1.17 bits per heavy atom. The van der Waals surface area contributed by atoms with E-state index in [1.807, 2.05) is 6.07 Å². The Balaban J connectivity index is 1.24. The molecule has 10 aromatic rings. The first-order valence-electron chi connectivity index (χ1n) is 16.3. The van der Waals surface area contributed by atoms with E-state index in [0.29, 0.717) is 5.82 Å². The molecule has 0 saturated heterocycles. The van der Waals surface area contributed by atoms with Gasteiger partial charge in [0.15, 0.2) is 5.82 Å². The summed E-state index contributed by atoms with van der Waals surface area (Å²) in [7, 11) is 0. The van der Waals surface area contributed by atoms with Crippen LogP contribution >= 0.6 is 0 Å². The molecule has 48 heavy (non-hydrogen) atoms. The number of benzene rings is 7. The Bertz CT molecular complexity index is 2840. The molecule has 4 heteroatoms. The van der Waals surface area contributed by atoms with Crippen LogP contribution in [0.5, 0.6) is 0 Å². The van der Waals surface area contributed by atoms with Crippen LogP contribution < -0.4 is 0 Å². The fraction of sp³-hybridized carbons (Fsp3) is 0. The van der Waals surface area contributed by atoms with Gasteiger partial charge in [-0.3, -0.25) is 0 Å². The van der Waals surface area contributed by atoms with Gasteiger partial charge in [-0.05, 0) is 53.2 Å². The number of rotatable bonds is 4. The second kappa shape index (κ2) is 10.5. The van der Waals surface area contributed by atoms with Gasteiger partial charge in [0.25, 0.3) is 0 Å². The molecule has 0 saturated carbocycles. The van der Waals surface area contributed by atoms with Crippen LogP contribution in [0.3, 0.4) is 0 Å². The van der Waals surface area contributed by atoms with Crippen LogP contribution in [0.4, 0.5) is 0 Å². The van der Waals surface area contributed by atoms with Gasteiger partial charge in [0.2, 0.25) is 0 Å². The van der Waals surface area contributed by atoms with Crippen molar-refractivity contribution in [2.45, 2.75) is 0 Å². The fourth-order valence-electron chi connectivity index (χ4n) is 7.37. The number of fused-ring (bicyclic) bond motifs is 7. The van der Waals surface area contributed by atoms with Crippen molar-refractivity contribution in [3.63, 3.8) is 0 Å². The standard InChI is InChI=1S/C44H28N4/c1-2-15-32(16-3-1)47-27-26-30-24-25-37-35-19-7-9-23-40(35)48(43(37)42(30)47)33-17-10-14-31(28-33)44-45-39-22-8-6-20-38(39)41(46-44)36-21-11-13-29-12-4-5-18-34(29)36/h1-28H. The highest BCUT2D eigenvalue weighted by Crippen LogP contribution is 2.39. The summed E-state index contributed by atoms with van der Waals surface area (Å²) in [5, 5.41) is 7.06. The van der Waals surface area contributed by atoms with Crippen molar-refractivity contribution in [1.29, 1.82) is 0 Å². The van der Waals surface area contributed by atoms with Crippen LogP contribution in [-0.2, 0) is 0 Å². The first kappa shape index (κ1) is 26.7. The fourth-order valence-corrected chi connectivity index (χ4v) is 7.37. The van der Waals surface area contributed by atoms with E-state index >= 15 is 0 Å². The molecule has 224 valence electrons. The predicted octanol–water partition coefficient (Wildman–Crippen LogP) is 11.2. The highest BCUT2D eigenvalue weighted by Gasteiger charge is 2.19.